The Morgan fingerprint density at radius 3 is 2.62 bits per heavy atom. The van der Waals surface area contributed by atoms with E-state index < -0.39 is 0 Å². The molecule has 0 unspecified atom stereocenters. The highest BCUT2D eigenvalue weighted by Gasteiger charge is 2.10. The van der Waals surface area contributed by atoms with E-state index in [0.29, 0.717) is 0 Å². The van der Waals surface area contributed by atoms with Crippen molar-refractivity contribution in [2.45, 2.75) is 65.2 Å². The van der Waals surface area contributed by atoms with Gasteiger partial charge in [0.15, 0.2) is 0 Å². The fourth-order valence-electron chi connectivity index (χ4n) is 3.51. The van der Waals surface area contributed by atoms with E-state index in [4.69, 9.17) is 4.98 Å². The van der Waals surface area contributed by atoms with Crippen LogP contribution in [0.5, 0.6) is 0 Å². The second-order valence-corrected chi connectivity index (χ2v) is 7.40. The van der Waals surface area contributed by atoms with Crippen molar-refractivity contribution in [1.82, 2.24) is 9.97 Å². The van der Waals surface area contributed by atoms with Gasteiger partial charge in [-0.15, -0.1) is 0 Å². The second-order valence-electron chi connectivity index (χ2n) is 7.40. The highest BCUT2D eigenvalue weighted by Crippen LogP contribution is 2.26. The summed E-state index contributed by atoms with van der Waals surface area (Å²) in [4.78, 5) is 9.29. The number of aryl methyl sites for hydroxylation is 1. The Balaban J connectivity index is 1.60. The highest BCUT2D eigenvalue weighted by atomic mass is 14.9. The topological polar surface area (TPSA) is 25.8 Å². The Kier molecular flexibility index (Phi) is 6.76. The lowest BCUT2D eigenvalue weighted by Gasteiger charge is -2.07. The molecule has 2 heteroatoms. The summed E-state index contributed by atoms with van der Waals surface area (Å²) < 4.78 is 0. The van der Waals surface area contributed by atoms with Crippen molar-refractivity contribution in [3.63, 3.8) is 0 Å². The minimum atomic E-state index is 0.803. The average Bonchev–Trinajstić information content (AvgIpc) is 3.09. The van der Waals surface area contributed by atoms with Crippen molar-refractivity contribution < 1.29 is 0 Å². The normalized spacial score (nSPS) is 13.6. The van der Waals surface area contributed by atoms with Crippen molar-refractivity contribution in [2.75, 3.05) is 0 Å². The summed E-state index contributed by atoms with van der Waals surface area (Å²) in [5.74, 6) is 0.910. The van der Waals surface area contributed by atoms with Gasteiger partial charge in [-0.1, -0.05) is 74.6 Å². The molecule has 1 aliphatic carbocycles. The third-order valence-corrected chi connectivity index (χ3v) is 5.00. The lowest BCUT2D eigenvalue weighted by molar-refractivity contribution is 0.632. The molecule has 1 aliphatic rings. The summed E-state index contributed by atoms with van der Waals surface area (Å²) in [6, 6.07) is 11.0. The van der Waals surface area contributed by atoms with E-state index in [-0.39, 0.29) is 0 Å². The first-order valence-corrected chi connectivity index (χ1v) is 10.0. The first kappa shape index (κ1) is 18.6. The van der Waals surface area contributed by atoms with Crippen LogP contribution in [0, 0.1) is 0 Å². The van der Waals surface area contributed by atoms with Gasteiger partial charge in [0.1, 0.15) is 5.82 Å². The summed E-state index contributed by atoms with van der Waals surface area (Å²) in [6.45, 7) is 4.43. The molecule has 136 valence electrons. The van der Waals surface area contributed by atoms with Gasteiger partial charge in [0.25, 0.3) is 0 Å². The zero-order valence-electron chi connectivity index (χ0n) is 16.2. The Bertz CT molecular complexity index is 786. The van der Waals surface area contributed by atoms with Crippen molar-refractivity contribution in [3.05, 3.63) is 76.9 Å². The maximum atomic E-state index is 4.80. The van der Waals surface area contributed by atoms with E-state index in [0.717, 1.165) is 24.4 Å². The number of hydrogen-bond acceptors (Lipinski definition) is 2. The van der Waals surface area contributed by atoms with Gasteiger partial charge in [-0.05, 0) is 49.0 Å². The molecule has 2 aromatic rings. The number of benzene rings is 1. The molecule has 0 fully saturated rings. The molecule has 0 radical (unpaired) electrons. The molecule has 0 bridgehead atoms. The van der Waals surface area contributed by atoms with E-state index in [1.165, 1.54) is 60.8 Å². The van der Waals surface area contributed by atoms with Crippen molar-refractivity contribution in [3.8, 4) is 0 Å². The second kappa shape index (κ2) is 9.47. The zero-order valence-corrected chi connectivity index (χ0v) is 16.2. The maximum Gasteiger partial charge on any atom is 0.133 e. The van der Waals surface area contributed by atoms with Gasteiger partial charge in [0.05, 0.1) is 5.69 Å². The van der Waals surface area contributed by atoms with Gasteiger partial charge < -0.3 is 0 Å². The zero-order chi connectivity index (χ0) is 18.2. The summed E-state index contributed by atoms with van der Waals surface area (Å²) in [5, 5.41) is 0. The number of rotatable bonds is 9. The molecule has 3 rings (SSSR count). The number of nitrogens with zero attached hydrogens (tertiary/aromatic N) is 2. The lowest BCUT2D eigenvalue weighted by Crippen LogP contribution is -2.00. The molecule has 0 N–H and O–H groups in total. The molecule has 26 heavy (non-hydrogen) atoms. The van der Waals surface area contributed by atoms with Gasteiger partial charge in [-0.2, -0.15) is 0 Å². The summed E-state index contributed by atoms with van der Waals surface area (Å²) in [6.07, 6.45) is 15.9. The number of hydrogen-bond donors (Lipinski definition) is 0. The van der Waals surface area contributed by atoms with Gasteiger partial charge in [0, 0.05) is 12.6 Å². The Hall–Kier alpha value is -2.22. The molecule has 0 amide bonds. The molecule has 0 saturated heterocycles. The van der Waals surface area contributed by atoms with Crippen LogP contribution in [0.25, 0.3) is 5.57 Å². The first-order valence-electron chi connectivity index (χ1n) is 10.0. The van der Waals surface area contributed by atoms with Crippen molar-refractivity contribution in [1.29, 1.82) is 0 Å². The predicted octanol–water partition coefficient (Wildman–Crippen LogP) is 6.31. The summed E-state index contributed by atoms with van der Waals surface area (Å²) >= 11 is 0. The quantitative estimate of drug-likeness (QED) is 0.497. The lowest BCUT2D eigenvalue weighted by atomic mass is 10.0. The van der Waals surface area contributed by atoms with Crippen LogP contribution in [0.3, 0.4) is 0 Å². The third-order valence-electron chi connectivity index (χ3n) is 5.00. The number of aromatic nitrogens is 2. The largest absolute Gasteiger partial charge is 0.241 e. The van der Waals surface area contributed by atoms with E-state index in [1.807, 2.05) is 12.3 Å². The molecular weight excluding hydrogens is 316 g/mol. The standard InChI is InChI=1S/C24H30N2/c1-3-4-5-6-7-9-20-10-8-11-21(17-20)18-24-25-15-14-23(26-24)22-13-12-19(2)16-22/h8,10-15,17H,3-7,9,16,18H2,1-2H3. The Morgan fingerprint density at radius 1 is 0.962 bits per heavy atom. The minimum Gasteiger partial charge on any atom is -0.241 e. The first-order chi connectivity index (χ1) is 12.7. The van der Waals surface area contributed by atoms with Crippen molar-refractivity contribution in [2.24, 2.45) is 0 Å². The van der Waals surface area contributed by atoms with Crippen LogP contribution in [0.1, 0.15) is 75.0 Å². The SMILES string of the molecule is CCCCCCCc1cccc(Cc2nccc(C3=CC=C(C)C3)n2)c1. The van der Waals surface area contributed by atoms with Gasteiger partial charge in [-0.3, -0.25) is 0 Å². The smallest absolute Gasteiger partial charge is 0.133 e. The van der Waals surface area contributed by atoms with Gasteiger partial charge in [0.2, 0.25) is 0 Å². The molecule has 0 saturated carbocycles. The fraction of sp³-hybridized carbons (Fsp3) is 0.417. The molecule has 2 nitrogen and oxygen atoms in total. The van der Waals surface area contributed by atoms with Crippen LogP contribution in [-0.2, 0) is 12.8 Å². The molecule has 1 aromatic carbocycles. The molecule has 0 atom stereocenters. The van der Waals surface area contributed by atoms with Gasteiger partial charge >= 0.3 is 0 Å². The molecular formula is C24H30N2. The molecule has 0 spiro atoms. The number of allylic oxidation sites excluding steroid dienone is 4. The molecule has 1 aromatic heterocycles. The van der Waals surface area contributed by atoms with Crippen molar-refractivity contribution >= 4 is 5.57 Å². The Labute approximate surface area is 158 Å². The van der Waals surface area contributed by atoms with E-state index in [2.05, 4.69) is 55.2 Å². The fourth-order valence-corrected chi connectivity index (χ4v) is 3.51. The van der Waals surface area contributed by atoms with Gasteiger partial charge in [-0.25, -0.2) is 9.97 Å². The molecule has 1 heterocycles. The van der Waals surface area contributed by atoms with E-state index >= 15 is 0 Å². The number of unbranched alkanes of at least 4 members (excludes halogenated alkanes) is 4. The van der Waals surface area contributed by atoms with E-state index in [1.54, 1.807) is 0 Å². The molecule has 0 aliphatic heterocycles. The average molecular weight is 347 g/mol. The van der Waals surface area contributed by atoms with Crippen LogP contribution in [-0.4, -0.2) is 9.97 Å². The minimum absolute atomic E-state index is 0.803. The highest BCUT2D eigenvalue weighted by molar-refractivity contribution is 5.69. The van der Waals surface area contributed by atoms with Crippen LogP contribution in [0.2, 0.25) is 0 Å². The van der Waals surface area contributed by atoms with Crippen LogP contribution in [0.15, 0.2) is 54.3 Å². The van der Waals surface area contributed by atoms with Crippen LogP contribution < -0.4 is 0 Å². The predicted molar refractivity (Wildman–Crippen MR) is 110 cm³/mol. The van der Waals surface area contributed by atoms with Crippen LogP contribution in [0.4, 0.5) is 0 Å². The third kappa shape index (κ3) is 5.39. The van der Waals surface area contributed by atoms with Crippen LogP contribution >= 0.6 is 0 Å². The maximum absolute atomic E-state index is 4.80. The summed E-state index contributed by atoms with van der Waals surface area (Å²) in [7, 11) is 0. The Morgan fingerprint density at radius 2 is 1.81 bits per heavy atom. The monoisotopic (exact) mass is 346 g/mol. The van der Waals surface area contributed by atoms with E-state index in [9.17, 15) is 0 Å². The summed E-state index contributed by atoms with van der Waals surface area (Å²) in [5.41, 5.74) is 6.50.